The van der Waals surface area contributed by atoms with E-state index in [4.69, 9.17) is 27.6 Å². The molecule has 0 amide bonds. The molecule has 2 aromatic heterocycles. The van der Waals surface area contributed by atoms with Crippen molar-refractivity contribution in [2.75, 3.05) is 7.05 Å². The van der Waals surface area contributed by atoms with Crippen LogP contribution in [0.2, 0.25) is 10.0 Å². The first-order valence-electron chi connectivity index (χ1n) is 7.06. The van der Waals surface area contributed by atoms with E-state index < -0.39 is 0 Å². The van der Waals surface area contributed by atoms with Gasteiger partial charge in [0.25, 0.3) is 0 Å². The molecule has 23 heavy (non-hydrogen) atoms. The molecular weight excluding hydrogens is 353 g/mol. The summed E-state index contributed by atoms with van der Waals surface area (Å²) >= 11 is 13.8. The second kappa shape index (κ2) is 7.01. The Kier molecular flexibility index (Phi) is 5.02. The van der Waals surface area contributed by atoms with Crippen LogP contribution in [0.5, 0.6) is 0 Å². The second-order valence-corrected chi connectivity index (χ2v) is 7.05. The minimum absolute atomic E-state index is 0.282. The normalized spacial score (nSPS) is 12.7. The average Bonchev–Trinajstić information content (AvgIpc) is 3.18. The zero-order chi connectivity index (χ0) is 16.4. The fourth-order valence-electron chi connectivity index (χ4n) is 2.19. The second-order valence-electron chi connectivity index (χ2n) is 5.23. The molecule has 0 aliphatic rings. The predicted octanol–water partition coefficient (Wildman–Crippen LogP) is 5.30. The highest BCUT2D eigenvalue weighted by atomic mass is 35.5. The minimum atomic E-state index is 0.282. The maximum atomic E-state index is 6.18. The predicted molar refractivity (Wildman–Crippen MR) is 94.0 cm³/mol. The zero-order valence-electron chi connectivity index (χ0n) is 12.7. The molecule has 0 radical (unpaired) electrons. The topological polar surface area (TPSA) is 42.2 Å². The third-order valence-corrected chi connectivity index (χ3v) is 5.22. The first kappa shape index (κ1) is 16.5. The first-order valence-corrected chi connectivity index (χ1v) is 8.69. The SMILES string of the molecule is CC(c1cccs1)N(C)Cc1nnc(-c2ccc(Cl)cc2Cl)o1. The summed E-state index contributed by atoms with van der Waals surface area (Å²) in [5, 5.41) is 11.3. The van der Waals surface area contributed by atoms with Crippen molar-refractivity contribution in [3.05, 3.63) is 56.5 Å². The van der Waals surface area contributed by atoms with Gasteiger partial charge in [-0.15, -0.1) is 21.5 Å². The van der Waals surface area contributed by atoms with E-state index >= 15 is 0 Å². The van der Waals surface area contributed by atoms with Crippen LogP contribution in [0.1, 0.15) is 23.7 Å². The van der Waals surface area contributed by atoms with E-state index in [0.29, 0.717) is 33.9 Å². The van der Waals surface area contributed by atoms with Gasteiger partial charge in [0.05, 0.1) is 17.1 Å². The Bertz CT molecular complexity index is 788. The average molecular weight is 368 g/mol. The Balaban J connectivity index is 1.74. The summed E-state index contributed by atoms with van der Waals surface area (Å²) in [5.41, 5.74) is 0.684. The lowest BCUT2D eigenvalue weighted by Gasteiger charge is -2.21. The summed E-state index contributed by atoms with van der Waals surface area (Å²) in [6.45, 7) is 2.72. The van der Waals surface area contributed by atoms with Gasteiger partial charge < -0.3 is 4.42 Å². The minimum Gasteiger partial charge on any atom is -0.419 e. The molecule has 2 heterocycles. The van der Waals surface area contributed by atoms with Crippen molar-refractivity contribution in [1.29, 1.82) is 0 Å². The van der Waals surface area contributed by atoms with E-state index in [9.17, 15) is 0 Å². The van der Waals surface area contributed by atoms with E-state index in [1.165, 1.54) is 4.88 Å². The summed E-state index contributed by atoms with van der Waals surface area (Å²) in [4.78, 5) is 3.46. The molecule has 0 N–H and O–H groups in total. The van der Waals surface area contributed by atoms with E-state index in [2.05, 4.69) is 39.5 Å². The highest BCUT2D eigenvalue weighted by Crippen LogP contribution is 2.30. The zero-order valence-corrected chi connectivity index (χ0v) is 15.0. The maximum Gasteiger partial charge on any atom is 0.249 e. The number of thiophene rings is 1. The number of nitrogens with zero attached hydrogens (tertiary/aromatic N) is 3. The number of benzene rings is 1. The molecule has 4 nitrogen and oxygen atoms in total. The van der Waals surface area contributed by atoms with E-state index in [-0.39, 0.29) is 6.04 Å². The number of rotatable bonds is 5. The Labute approximate surface area is 148 Å². The van der Waals surface area contributed by atoms with Crippen LogP contribution in [0.25, 0.3) is 11.5 Å². The summed E-state index contributed by atoms with van der Waals surface area (Å²) in [6.07, 6.45) is 0. The summed E-state index contributed by atoms with van der Waals surface area (Å²) < 4.78 is 5.74. The molecule has 3 aromatic rings. The quantitative estimate of drug-likeness (QED) is 0.613. The van der Waals surface area contributed by atoms with Crippen LogP contribution in [0.15, 0.2) is 40.1 Å². The number of aromatic nitrogens is 2. The van der Waals surface area contributed by atoms with Gasteiger partial charge in [0.1, 0.15) is 0 Å². The van der Waals surface area contributed by atoms with Gasteiger partial charge in [-0.1, -0.05) is 29.3 Å². The summed E-state index contributed by atoms with van der Waals surface area (Å²) in [5.74, 6) is 0.954. The third kappa shape index (κ3) is 3.75. The Morgan fingerprint density at radius 1 is 1.26 bits per heavy atom. The largest absolute Gasteiger partial charge is 0.419 e. The molecular formula is C16H15Cl2N3OS. The summed E-state index contributed by atoms with van der Waals surface area (Å²) in [7, 11) is 2.03. The maximum absolute atomic E-state index is 6.18. The van der Waals surface area contributed by atoms with Gasteiger partial charge in [0, 0.05) is 15.9 Å². The monoisotopic (exact) mass is 367 g/mol. The standard InChI is InChI=1S/C16H15Cl2N3OS/c1-10(14-4-3-7-23-14)21(2)9-15-19-20-16(22-15)12-6-5-11(17)8-13(12)18/h3-8,10H,9H2,1-2H3. The van der Waals surface area contributed by atoms with Crippen LogP contribution >= 0.6 is 34.5 Å². The van der Waals surface area contributed by atoms with Crippen molar-refractivity contribution in [2.24, 2.45) is 0 Å². The smallest absolute Gasteiger partial charge is 0.249 e. The highest BCUT2D eigenvalue weighted by Gasteiger charge is 2.17. The summed E-state index contributed by atoms with van der Waals surface area (Å²) in [6, 6.07) is 9.64. The van der Waals surface area contributed by atoms with Crippen LogP contribution in [-0.4, -0.2) is 22.1 Å². The molecule has 7 heteroatoms. The highest BCUT2D eigenvalue weighted by molar-refractivity contribution is 7.10. The van der Waals surface area contributed by atoms with Crippen molar-refractivity contribution in [1.82, 2.24) is 15.1 Å². The van der Waals surface area contributed by atoms with Crippen LogP contribution in [-0.2, 0) is 6.54 Å². The van der Waals surface area contributed by atoms with Crippen molar-refractivity contribution in [2.45, 2.75) is 19.5 Å². The lowest BCUT2D eigenvalue weighted by Crippen LogP contribution is -2.21. The van der Waals surface area contributed by atoms with Gasteiger partial charge in [-0.05, 0) is 43.6 Å². The van der Waals surface area contributed by atoms with E-state index in [1.54, 1.807) is 29.5 Å². The fourth-order valence-corrected chi connectivity index (χ4v) is 3.52. The number of halogens is 2. The molecule has 0 spiro atoms. The van der Waals surface area contributed by atoms with Gasteiger partial charge in [0.15, 0.2) is 0 Å². The van der Waals surface area contributed by atoms with Gasteiger partial charge >= 0.3 is 0 Å². The molecule has 0 fully saturated rings. The fraction of sp³-hybridized carbons (Fsp3) is 0.250. The Hall–Kier alpha value is -1.40. The first-order chi connectivity index (χ1) is 11.0. The van der Waals surface area contributed by atoms with Gasteiger partial charge in [-0.25, -0.2) is 0 Å². The molecule has 0 saturated heterocycles. The molecule has 0 aliphatic carbocycles. The molecule has 0 aliphatic heterocycles. The van der Waals surface area contributed by atoms with Crippen molar-refractivity contribution in [3.8, 4) is 11.5 Å². The van der Waals surface area contributed by atoms with Crippen LogP contribution in [0.4, 0.5) is 0 Å². The molecule has 0 bridgehead atoms. The van der Waals surface area contributed by atoms with Crippen LogP contribution in [0.3, 0.4) is 0 Å². The van der Waals surface area contributed by atoms with Crippen molar-refractivity contribution < 1.29 is 4.42 Å². The Morgan fingerprint density at radius 2 is 2.09 bits per heavy atom. The van der Waals surface area contributed by atoms with Crippen LogP contribution < -0.4 is 0 Å². The van der Waals surface area contributed by atoms with E-state index in [1.807, 2.05) is 7.05 Å². The third-order valence-electron chi connectivity index (χ3n) is 3.63. The number of hydrogen-bond donors (Lipinski definition) is 0. The van der Waals surface area contributed by atoms with Crippen molar-refractivity contribution in [3.63, 3.8) is 0 Å². The van der Waals surface area contributed by atoms with Gasteiger partial charge in [-0.3, -0.25) is 4.90 Å². The van der Waals surface area contributed by atoms with Gasteiger partial charge in [-0.2, -0.15) is 0 Å². The lowest BCUT2D eigenvalue weighted by molar-refractivity contribution is 0.231. The molecule has 1 atom stereocenters. The molecule has 1 aromatic carbocycles. The molecule has 120 valence electrons. The molecule has 0 saturated carbocycles. The lowest BCUT2D eigenvalue weighted by atomic mass is 10.2. The number of hydrogen-bond acceptors (Lipinski definition) is 5. The van der Waals surface area contributed by atoms with E-state index in [0.717, 1.165) is 0 Å². The molecule has 3 rings (SSSR count). The molecule has 1 unspecified atom stereocenters. The van der Waals surface area contributed by atoms with Gasteiger partial charge in [0.2, 0.25) is 11.8 Å². The van der Waals surface area contributed by atoms with Crippen LogP contribution in [0, 0.1) is 0 Å². The van der Waals surface area contributed by atoms with Crippen molar-refractivity contribution >= 4 is 34.5 Å². The Morgan fingerprint density at radius 3 is 2.78 bits per heavy atom.